The van der Waals surface area contributed by atoms with Crippen LogP contribution in [0.2, 0.25) is 0 Å². The molecular weight excluding hydrogens is 434 g/mol. The number of hydrogen-bond donors (Lipinski definition) is 0. The number of benzene rings is 4. The van der Waals surface area contributed by atoms with Crippen LogP contribution in [0.15, 0.2) is 132 Å². The summed E-state index contributed by atoms with van der Waals surface area (Å²) in [6.45, 7) is 0. The van der Waals surface area contributed by atoms with Crippen molar-refractivity contribution >= 4 is 11.9 Å². The largest absolute Gasteiger partial charge is 0.269 e. The molecule has 0 radical (unpaired) electrons. The fraction of sp³-hybridized carbons (Fsp3) is 0. The minimum atomic E-state index is -0.404. The van der Waals surface area contributed by atoms with Crippen molar-refractivity contribution in [2.45, 2.75) is 0 Å². The molecular formula is C30H22N3O2+. The van der Waals surface area contributed by atoms with E-state index in [9.17, 15) is 10.1 Å². The van der Waals surface area contributed by atoms with Crippen LogP contribution < -0.4 is 4.68 Å². The predicted octanol–water partition coefficient (Wildman–Crippen LogP) is 6.77. The van der Waals surface area contributed by atoms with Crippen molar-refractivity contribution < 1.29 is 9.60 Å². The molecule has 0 saturated carbocycles. The molecule has 0 aliphatic carbocycles. The van der Waals surface area contributed by atoms with E-state index in [4.69, 9.17) is 5.10 Å². The lowest BCUT2D eigenvalue weighted by molar-refractivity contribution is -0.656. The van der Waals surface area contributed by atoms with Gasteiger partial charge in [0.25, 0.3) is 5.69 Å². The minimum absolute atomic E-state index is 0.0527. The molecule has 0 atom stereocenters. The van der Waals surface area contributed by atoms with Gasteiger partial charge >= 0.3 is 0 Å². The Labute approximate surface area is 203 Å². The average molecular weight is 457 g/mol. The Morgan fingerprint density at radius 1 is 0.600 bits per heavy atom. The normalized spacial score (nSPS) is 11.0. The smallest absolute Gasteiger partial charge is 0.258 e. The number of pyridine rings is 1. The van der Waals surface area contributed by atoms with Gasteiger partial charge in [0, 0.05) is 35.4 Å². The monoisotopic (exact) mass is 456 g/mol. The highest BCUT2D eigenvalue weighted by Crippen LogP contribution is 2.29. The second kappa shape index (κ2) is 9.93. The third-order valence-electron chi connectivity index (χ3n) is 5.71. The lowest BCUT2D eigenvalue weighted by Crippen LogP contribution is -2.34. The van der Waals surface area contributed by atoms with Crippen molar-refractivity contribution in [3.05, 3.63) is 143 Å². The van der Waals surface area contributed by atoms with E-state index in [0.717, 1.165) is 39.2 Å². The minimum Gasteiger partial charge on any atom is -0.258 e. The van der Waals surface area contributed by atoms with Gasteiger partial charge in [-0.1, -0.05) is 66.7 Å². The Hall–Kier alpha value is -4.90. The van der Waals surface area contributed by atoms with E-state index in [2.05, 4.69) is 48.5 Å². The van der Waals surface area contributed by atoms with Crippen LogP contribution in [0.3, 0.4) is 0 Å². The molecule has 1 aromatic heterocycles. The quantitative estimate of drug-likeness (QED) is 0.123. The van der Waals surface area contributed by atoms with Crippen molar-refractivity contribution in [1.29, 1.82) is 0 Å². The summed E-state index contributed by atoms with van der Waals surface area (Å²) in [7, 11) is 0. The summed E-state index contributed by atoms with van der Waals surface area (Å²) in [6.07, 6.45) is 1.73. The number of rotatable bonds is 6. The van der Waals surface area contributed by atoms with Crippen molar-refractivity contribution in [2.24, 2.45) is 5.10 Å². The maximum atomic E-state index is 11.0. The van der Waals surface area contributed by atoms with Crippen LogP contribution in [0.25, 0.3) is 33.6 Å². The fourth-order valence-electron chi connectivity index (χ4n) is 3.95. The first-order chi connectivity index (χ1) is 17.2. The first-order valence-corrected chi connectivity index (χ1v) is 11.2. The van der Waals surface area contributed by atoms with Crippen molar-refractivity contribution in [3.63, 3.8) is 0 Å². The molecule has 0 aliphatic rings. The first kappa shape index (κ1) is 21.9. The van der Waals surface area contributed by atoms with Gasteiger partial charge in [0.1, 0.15) is 6.21 Å². The molecule has 168 valence electrons. The van der Waals surface area contributed by atoms with Gasteiger partial charge in [0.2, 0.25) is 11.4 Å². The van der Waals surface area contributed by atoms with Crippen LogP contribution in [0, 0.1) is 10.1 Å². The fourth-order valence-corrected chi connectivity index (χ4v) is 3.95. The number of nitro groups is 1. The highest BCUT2D eigenvalue weighted by Gasteiger charge is 2.23. The summed E-state index contributed by atoms with van der Waals surface area (Å²) in [5.74, 6) is 0. The number of nitro benzene ring substituents is 1. The molecule has 4 aromatic carbocycles. The molecule has 5 nitrogen and oxygen atoms in total. The van der Waals surface area contributed by atoms with E-state index in [1.165, 1.54) is 12.1 Å². The molecule has 5 aromatic rings. The van der Waals surface area contributed by atoms with Crippen molar-refractivity contribution in [2.75, 3.05) is 0 Å². The van der Waals surface area contributed by atoms with Gasteiger partial charge in [-0.25, -0.2) is 0 Å². The van der Waals surface area contributed by atoms with E-state index in [1.807, 2.05) is 59.3 Å². The molecule has 0 spiro atoms. The zero-order valence-electron chi connectivity index (χ0n) is 18.9. The third kappa shape index (κ3) is 4.89. The van der Waals surface area contributed by atoms with Gasteiger partial charge in [-0.15, -0.1) is 0 Å². The lowest BCUT2D eigenvalue weighted by atomic mass is 10.00. The van der Waals surface area contributed by atoms with E-state index in [0.29, 0.717) is 0 Å². The van der Waals surface area contributed by atoms with Crippen LogP contribution >= 0.6 is 0 Å². The third-order valence-corrected chi connectivity index (χ3v) is 5.71. The Kier molecular flexibility index (Phi) is 6.22. The Bertz CT molecular complexity index is 1420. The Balaban J connectivity index is 1.72. The predicted molar refractivity (Wildman–Crippen MR) is 139 cm³/mol. The van der Waals surface area contributed by atoms with Crippen LogP contribution in [0.5, 0.6) is 0 Å². The number of hydrogen-bond acceptors (Lipinski definition) is 3. The zero-order valence-corrected chi connectivity index (χ0v) is 18.9. The van der Waals surface area contributed by atoms with Crippen LogP contribution in [0.1, 0.15) is 5.56 Å². The lowest BCUT2D eigenvalue weighted by Gasteiger charge is -2.09. The van der Waals surface area contributed by atoms with Crippen LogP contribution in [-0.2, 0) is 0 Å². The summed E-state index contributed by atoms with van der Waals surface area (Å²) in [6, 6.07) is 41.2. The molecule has 0 fully saturated rings. The maximum absolute atomic E-state index is 11.0. The molecule has 0 aliphatic heterocycles. The van der Waals surface area contributed by atoms with E-state index in [1.54, 1.807) is 18.3 Å². The molecule has 0 amide bonds. The first-order valence-electron chi connectivity index (χ1n) is 11.2. The molecule has 5 heteroatoms. The summed E-state index contributed by atoms with van der Waals surface area (Å²) in [5.41, 5.74) is 6.96. The highest BCUT2D eigenvalue weighted by atomic mass is 16.6. The van der Waals surface area contributed by atoms with E-state index in [-0.39, 0.29) is 5.69 Å². The SMILES string of the molecule is O=[N+]([O-])c1ccc(/C=N/[n+]2c(-c3ccccc3)cc(-c3ccccc3)cc2-c2ccccc2)cc1. The summed E-state index contributed by atoms with van der Waals surface area (Å²) in [5, 5.41) is 15.9. The van der Waals surface area contributed by atoms with Gasteiger partial charge < -0.3 is 0 Å². The highest BCUT2D eigenvalue weighted by molar-refractivity contribution is 5.80. The number of non-ortho nitro benzene ring substituents is 1. The molecule has 35 heavy (non-hydrogen) atoms. The maximum Gasteiger partial charge on any atom is 0.269 e. The molecule has 1 heterocycles. The van der Waals surface area contributed by atoms with Gasteiger partial charge in [-0.3, -0.25) is 10.1 Å². The molecule has 0 saturated heterocycles. The van der Waals surface area contributed by atoms with Crippen molar-refractivity contribution in [1.82, 2.24) is 0 Å². The molecule has 0 N–H and O–H groups in total. The Morgan fingerprint density at radius 2 is 1.06 bits per heavy atom. The average Bonchev–Trinajstić information content (AvgIpc) is 2.93. The van der Waals surface area contributed by atoms with E-state index >= 15 is 0 Å². The summed E-state index contributed by atoms with van der Waals surface area (Å²) in [4.78, 5) is 10.6. The van der Waals surface area contributed by atoms with E-state index < -0.39 is 4.92 Å². The van der Waals surface area contributed by atoms with Gasteiger partial charge in [0.05, 0.1) is 4.92 Å². The number of aromatic nitrogens is 1. The Morgan fingerprint density at radius 3 is 1.51 bits per heavy atom. The summed E-state index contributed by atoms with van der Waals surface area (Å²) < 4.78 is 1.93. The van der Waals surface area contributed by atoms with Gasteiger partial charge in [-0.05, 0) is 62.9 Å². The van der Waals surface area contributed by atoms with Crippen LogP contribution in [-0.4, -0.2) is 11.1 Å². The second-order valence-corrected chi connectivity index (χ2v) is 8.02. The summed E-state index contributed by atoms with van der Waals surface area (Å²) >= 11 is 0. The van der Waals surface area contributed by atoms with Crippen molar-refractivity contribution in [3.8, 4) is 33.6 Å². The zero-order chi connectivity index (χ0) is 24.0. The van der Waals surface area contributed by atoms with Gasteiger partial charge in [-0.2, -0.15) is 0 Å². The van der Waals surface area contributed by atoms with Crippen LogP contribution in [0.4, 0.5) is 5.69 Å². The molecule has 0 bridgehead atoms. The molecule has 5 rings (SSSR count). The molecule has 0 unspecified atom stereocenters. The number of nitrogens with zero attached hydrogens (tertiary/aromatic N) is 3. The van der Waals surface area contributed by atoms with Gasteiger partial charge in [0.15, 0.2) is 0 Å². The topological polar surface area (TPSA) is 59.4 Å². The second-order valence-electron chi connectivity index (χ2n) is 8.02. The standard InChI is InChI=1S/C30H22N3O2/c34-33(35)28-18-16-23(17-19-28)22-31-32-29(25-12-6-2-7-13-25)20-27(24-10-4-1-5-11-24)21-30(32)26-14-8-3-9-15-26/h1-22H/q+1/b31-22+.